The lowest BCUT2D eigenvalue weighted by Gasteiger charge is -2.21. The van der Waals surface area contributed by atoms with Gasteiger partial charge in [-0.1, -0.05) is 48.5 Å². The molecular weight excluding hydrogens is 518 g/mol. The van der Waals surface area contributed by atoms with E-state index in [-0.39, 0.29) is 29.6 Å². The minimum atomic E-state index is -3.97. The van der Waals surface area contributed by atoms with Crippen molar-refractivity contribution in [1.29, 1.82) is 0 Å². The standard InChI is InChI=1S/C30H31NO7S/c1-31(2)23-14-11-21(12-15-23)24-18-27(35-3)28(30(29(24)36-4)38-39(5,33)34)22-13-16-26(25(32)17-22)37-19-20-9-7-6-8-10-20/h6-18,32H,19H2,1-5H3. The van der Waals surface area contributed by atoms with Crippen LogP contribution in [0.4, 0.5) is 5.69 Å². The third-order valence-corrected chi connectivity index (χ3v) is 6.51. The van der Waals surface area contributed by atoms with Crippen molar-refractivity contribution < 1.29 is 31.9 Å². The lowest BCUT2D eigenvalue weighted by molar-refractivity contribution is 0.289. The summed E-state index contributed by atoms with van der Waals surface area (Å²) in [5.74, 6) is 0.634. The summed E-state index contributed by atoms with van der Waals surface area (Å²) in [5, 5.41) is 10.8. The molecule has 4 aromatic rings. The minimum Gasteiger partial charge on any atom is -0.504 e. The zero-order chi connectivity index (χ0) is 28.2. The highest BCUT2D eigenvalue weighted by molar-refractivity contribution is 7.86. The topological polar surface area (TPSA) is 94.5 Å². The summed E-state index contributed by atoms with van der Waals surface area (Å²) < 4.78 is 47.4. The van der Waals surface area contributed by atoms with Crippen LogP contribution in [0.25, 0.3) is 22.3 Å². The first kappa shape index (κ1) is 27.7. The molecule has 0 fully saturated rings. The molecule has 0 aliphatic heterocycles. The fraction of sp³-hybridized carbons (Fsp3) is 0.200. The molecule has 4 rings (SSSR count). The van der Waals surface area contributed by atoms with Crippen molar-refractivity contribution >= 4 is 15.8 Å². The van der Waals surface area contributed by atoms with E-state index >= 15 is 0 Å². The van der Waals surface area contributed by atoms with Crippen LogP contribution in [-0.2, 0) is 16.7 Å². The smallest absolute Gasteiger partial charge is 0.306 e. The van der Waals surface area contributed by atoms with Gasteiger partial charge in [-0.05, 0) is 47.0 Å². The Hall–Kier alpha value is -4.37. The van der Waals surface area contributed by atoms with Crippen molar-refractivity contribution in [2.75, 3.05) is 39.5 Å². The molecule has 0 unspecified atom stereocenters. The van der Waals surface area contributed by atoms with Crippen LogP contribution in [0.2, 0.25) is 0 Å². The number of phenolic OH excluding ortho intramolecular Hbond substituents is 1. The van der Waals surface area contributed by atoms with Crippen LogP contribution in [0.5, 0.6) is 28.7 Å². The maximum Gasteiger partial charge on any atom is 0.306 e. The highest BCUT2D eigenvalue weighted by atomic mass is 32.2. The van der Waals surface area contributed by atoms with Crippen LogP contribution in [0, 0.1) is 0 Å². The fourth-order valence-electron chi connectivity index (χ4n) is 4.17. The molecule has 9 heteroatoms. The average Bonchev–Trinajstić information content (AvgIpc) is 2.91. The Balaban J connectivity index is 1.84. The zero-order valence-electron chi connectivity index (χ0n) is 22.5. The van der Waals surface area contributed by atoms with Gasteiger partial charge in [0.05, 0.1) is 26.0 Å². The Morgan fingerprint density at radius 3 is 2.03 bits per heavy atom. The van der Waals surface area contributed by atoms with Crippen LogP contribution in [0.3, 0.4) is 0 Å². The van der Waals surface area contributed by atoms with Gasteiger partial charge in [0.2, 0.25) is 0 Å². The summed E-state index contributed by atoms with van der Waals surface area (Å²) in [6, 6.07) is 23.8. The summed E-state index contributed by atoms with van der Waals surface area (Å²) in [4.78, 5) is 1.97. The lowest BCUT2D eigenvalue weighted by Crippen LogP contribution is -2.09. The average molecular weight is 550 g/mol. The van der Waals surface area contributed by atoms with E-state index in [0.29, 0.717) is 22.4 Å². The number of anilines is 1. The highest BCUT2D eigenvalue weighted by Gasteiger charge is 2.26. The van der Waals surface area contributed by atoms with E-state index in [1.165, 1.54) is 20.3 Å². The van der Waals surface area contributed by atoms with E-state index < -0.39 is 10.1 Å². The number of aromatic hydroxyl groups is 1. The van der Waals surface area contributed by atoms with Gasteiger partial charge in [0.15, 0.2) is 23.0 Å². The van der Waals surface area contributed by atoms with Crippen LogP contribution >= 0.6 is 0 Å². The Morgan fingerprint density at radius 2 is 1.46 bits per heavy atom. The van der Waals surface area contributed by atoms with E-state index in [4.69, 9.17) is 18.4 Å². The third-order valence-electron chi connectivity index (χ3n) is 6.04. The SMILES string of the molecule is COc1cc(-c2ccc(N(C)C)cc2)c(OC)c(OS(C)(=O)=O)c1-c1ccc(OCc2ccccc2)c(O)c1. The third kappa shape index (κ3) is 6.38. The first-order valence-electron chi connectivity index (χ1n) is 12.1. The van der Waals surface area contributed by atoms with Gasteiger partial charge in [-0.3, -0.25) is 0 Å². The molecule has 0 radical (unpaired) electrons. The molecule has 0 aliphatic rings. The van der Waals surface area contributed by atoms with Crippen molar-refractivity contribution in [2.24, 2.45) is 0 Å². The summed E-state index contributed by atoms with van der Waals surface area (Å²) in [6.45, 7) is 0.272. The Morgan fingerprint density at radius 1 is 0.795 bits per heavy atom. The summed E-state index contributed by atoms with van der Waals surface area (Å²) in [6.07, 6.45) is 0.958. The Bertz CT molecular complexity index is 1550. The molecule has 8 nitrogen and oxygen atoms in total. The molecular formula is C30H31NO7S. The van der Waals surface area contributed by atoms with Crippen molar-refractivity contribution in [3.05, 3.63) is 84.4 Å². The normalized spacial score (nSPS) is 11.1. The molecule has 0 atom stereocenters. The molecule has 204 valence electrons. The van der Waals surface area contributed by atoms with Crippen LogP contribution in [0.1, 0.15) is 5.56 Å². The number of nitrogens with zero attached hydrogens (tertiary/aromatic N) is 1. The second-order valence-electron chi connectivity index (χ2n) is 9.05. The van der Waals surface area contributed by atoms with E-state index in [1.807, 2.05) is 73.6 Å². The predicted molar refractivity (Wildman–Crippen MR) is 153 cm³/mol. The van der Waals surface area contributed by atoms with Gasteiger partial charge in [0.25, 0.3) is 0 Å². The Labute approximate surface area is 229 Å². The fourth-order valence-corrected chi connectivity index (χ4v) is 4.63. The van der Waals surface area contributed by atoms with Crippen molar-refractivity contribution in [1.82, 2.24) is 0 Å². The quantitative estimate of drug-likeness (QED) is 0.251. The van der Waals surface area contributed by atoms with Gasteiger partial charge in [-0.2, -0.15) is 8.42 Å². The van der Waals surface area contributed by atoms with Crippen LogP contribution in [0.15, 0.2) is 78.9 Å². The zero-order valence-corrected chi connectivity index (χ0v) is 23.3. The van der Waals surface area contributed by atoms with Gasteiger partial charge in [-0.15, -0.1) is 0 Å². The number of hydrogen-bond acceptors (Lipinski definition) is 8. The monoisotopic (exact) mass is 549 g/mol. The van der Waals surface area contributed by atoms with E-state index in [2.05, 4.69) is 0 Å². The second-order valence-corrected chi connectivity index (χ2v) is 10.6. The molecule has 0 saturated carbocycles. The van der Waals surface area contributed by atoms with E-state index in [9.17, 15) is 13.5 Å². The second kappa shape index (κ2) is 11.6. The summed E-state index contributed by atoms with van der Waals surface area (Å²) in [7, 11) is 2.84. The molecule has 0 aliphatic carbocycles. The maximum atomic E-state index is 12.4. The summed E-state index contributed by atoms with van der Waals surface area (Å²) >= 11 is 0. The van der Waals surface area contributed by atoms with E-state index in [0.717, 1.165) is 23.1 Å². The molecule has 0 heterocycles. The van der Waals surface area contributed by atoms with E-state index in [1.54, 1.807) is 18.2 Å². The van der Waals surface area contributed by atoms with Gasteiger partial charge in [0.1, 0.15) is 12.4 Å². The van der Waals surface area contributed by atoms with Crippen molar-refractivity contribution in [2.45, 2.75) is 6.61 Å². The first-order chi connectivity index (χ1) is 18.6. The number of hydrogen-bond donors (Lipinski definition) is 1. The number of phenols is 1. The van der Waals surface area contributed by atoms with Crippen LogP contribution < -0.4 is 23.3 Å². The summed E-state index contributed by atoms with van der Waals surface area (Å²) in [5.41, 5.74) is 4.05. The highest BCUT2D eigenvalue weighted by Crippen LogP contribution is 2.51. The number of benzene rings is 4. The molecule has 0 spiro atoms. The minimum absolute atomic E-state index is 0.0524. The van der Waals surface area contributed by atoms with Gasteiger partial charge >= 0.3 is 10.1 Å². The maximum absolute atomic E-state index is 12.4. The van der Waals surface area contributed by atoms with Gasteiger partial charge in [-0.25, -0.2) is 0 Å². The van der Waals surface area contributed by atoms with Crippen molar-refractivity contribution in [3.8, 4) is 51.0 Å². The number of ether oxygens (including phenoxy) is 3. The molecule has 39 heavy (non-hydrogen) atoms. The molecule has 0 amide bonds. The molecule has 4 aromatic carbocycles. The molecule has 0 saturated heterocycles. The van der Waals surface area contributed by atoms with Crippen molar-refractivity contribution in [3.63, 3.8) is 0 Å². The molecule has 0 aromatic heterocycles. The van der Waals surface area contributed by atoms with Crippen LogP contribution in [-0.4, -0.2) is 48.1 Å². The molecule has 1 N–H and O–H groups in total. The van der Waals surface area contributed by atoms with Gasteiger partial charge in [0, 0.05) is 25.3 Å². The first-order valence-corrected chi connectivity index (χ1v) is 13.9. The predicted octanol–water partition coefficient (Wildman–Crippen LogP) is 5.73. The Kier molecular flexibility index (Phi) is 8.21. The molecule has 0 bridgehead atoms. The largest absolute Gasteiger partial charge is 0.504 e. The number of rotatable bonds is 10. The number of methoxy groups -OCH3 is 2. The lowest BCUT2D eigenvalue weighted by atomic mass is 9.96. The van der Waals surface area contributed by atoms with Gasteiger partial charge < -0.3 is 28.4 Å².